The van der Waals surface area contributed by atoms with Gasteiger partial charge in [0.15, 0.2) is 0 Å². The Balaban J connectivity index is 2.06. The van der Waals surface area contributed by atoms with Gasteiger partial charge in [-0.15, -0.1) is 0 Å². The summed E-state index contributed by atoms with van der Waals surface area (Å²) in [6, 6.07) is 21.0. The predicted octanol–water partition coefficient (Wildman–Crippen LogP) is 4.33. The van der Waals surface area contributed by atoms with Crippen molar-refractivity contribution in [1.29, 1.82) is 0 Å². The zero-order valence-electron chi connectivity index (χ0n) is 25.0. The van der Waals surface area contributed by atoms with Crippen LogP contribution in [0, 0.1) is 6.92 Å². The van der Waals surface area contributed by atoms with Crippen LogP contribution in [0.15, 0.2) is 72.8 Å². The molecule has 0 fully saturated rings. The fourth-order valence-electron chi connectivity index (χ4n) is 4.54. The van der Waals surface area contributed by atoms with Crippen LogP contribution in [0.25, 0.3) is 0 Å². The number of nitrogens with one attached hydrogen (secondary N) is 1. The molecule has 2 amide bonds. The Labute approximate surface area is 249 Å². The summed E-state index contributed by atoms with van der Waals surface area (Å²) in [6.45, 7) is 4.08. The molecule has 0 radical (unpaired) electrons. The van der Waals surface area contributed by atoms with Crippen molar-refractivity contribution in [1.82, 2.24) is 10.2 Å². The summed E-state index contributed by atoms with van der Waals surface area (Å²) in [5.74, 6) is -0.106. The van der Waals surface area contributed by atoms with Crippen LogP contribution in [0.3, 0.4) is 0 Å². The first-order chi connectivity index (χ1) is 20.1. The van der Waals surface area contributed by atoms with Crippen LogP contribution in [-0.4, -0.2) is 64.7 Å². The lowest BCUT2D eigenvalue weighted by Gasteiger charge is -2.33. The number of benzene rings is 3. The normalized spacial score (nSPS) is 11.8. The van der Waals surface area contributed by atoms with Gasteiger partial charge < -0.3 is 19.7 Å². The molecule has 1 atom stereocenters. The highest BCUT2D eigenvalue weighted by Gasteiger charge is 2.33. The van der Waals surface area contributed by atoms with Crippen molar-refractivity contribution in [3.8, 4) is 11.5 Å². The van der Waals surface area contributed by atoms with Gasteiger partial charge in [0.1, 0.15) is 24.1 Å². The Kier molecular flexibility index (Phi) is 11.8. The maximum Gasteiger partial charge on any atom is 0.244 e. The van der Waals surface area contributed by atoms with Crippen molar-refractivity contribution >= 4 is 27.5 Å². The number of methoxy groups -OCH3 is 2. The molecule has 0 saturated heterocycles. The van der Waals surface area contributed by atoms with E-state index >= 15 is 0 Å². The molecule has 9 nitrogen and oxygen atoms in total. The zero-order chi connectivity index (χ0) is 30.7. The summed E-state index contributed by atoms with van der Waals surface area (Å²) in [6.07, 6.45) is 3.01. The Hall–Kier alpha value is -4.05. The van der Waals surface area contributed by atoms with Gasteiger partial charge in [0.25, 0.3) is 0 Å². The number of amides is 2. The molecular weight excluding hydrogens is 554 g/mol. The average molecular weight is 596 g/mol. The molecular formula is C32H41N3O6S. The van der Waals surface area contributed by atoms with Crippen LogP contribution in [0.2, 0.25) is 0 Å². The third-order valence-corrected chi connectivity index (χ3v) is 8.04. The molecule has 42 heavy (non-hydrogen) atoms. The zero-order valence-corrected chi connectivity index (χ0v) is 25.8. The summed E-state index contributed by atoms with van der Waals surface area (Å²) in [5.41, 5.74) is 2.95. The number of hydrogen-bond donors (Lipinski definition) is 1. The van der Waals surface area contributed by atoms with Crippen LogP contribution in [-0.2, 0) is 32.6 Å². The van der Waals surface area contributed by atoms with E-state index in [1.807, 2.05) is 68.4 Å². The fourth-order valence-corrected chi connectivity index (χ4v) is 5.39. The lowest BCUT2D eigenvalue weighted by molar-refractivity contribution is -0.140. The van der Waals surface area contributed by atoms with Crippen molar-refractivity contribution in [3.05, 3.63) is 89.5 Å². The number of nitrogens with zero attached hydrogens (tertiary/aromatic N) is 2. The minimum absolute atomic E-state index is 0.120. The van der Waals surface area contributed by atoms with Gasteiger partial charge in [0.2, 0.25) is 21.8 Å². The summed E-state index contributed by atoms with van der Waals surface area (Å²) in [7, 11) is -1.02. The van der Waals surface area contributed by atoms with Gasteiger partial charge in [-0.3, -0.25) is 13.9 Å². The SMILES string of the molecule is CCCCNC(=O)C(Cc1ccccc1)N(Cc1ccc(C)cc1)C(=O)CN(c1ccc(OC)cc1OC)S(C)(=O)=O. The smallest absolute Gasteiger partial charge is 0.244 e. The highest BCUT2D eigenvalue weighted by atomic mass is 32.2. The first kappa shape index (κ1) is 32.5. The van der Waals surface area contributed by atoms with E-state index in [1.54, 1.807) is 12.1 Å². The Morgan fingerprint density at radius 2 is 1.62 bits per heavy atom. The van der Waals surface area contributed by atoms with Gasteiger partial charge in [-0.05, 0) is 36.6 Å². The Morgan fingerprint density at radius 1 is 0.929 bits per heavy atom. The Morgan fingerprint density at radius 3 is 2.21 bits per heavy atom. The second kappa shape index (κ2) is 15.3. The van der Waals surface area contributed by atoms with E-state index in [0.29, 0.717) is 12.3 Å². The average Bonchev–Trinajstić information content (AvgIpc) is 2.98. The van der Waals surface area contributed by atoms with Crippen LogP contribution < -0.4 is 19.1 Å². The summed E-state index contributed by atoms with van der Waals surface area (Å²) in [5, 5.41) is 2.98. The molecule has 226 valence electrons. The quantitative estimate of drug-likeness (QED) is 0.262. The standard InChI is InChI=1S/C32H41N3O6S/c1-6-7-19-33-32(37)29(20-25-11-9-8-10-12-25)34(22-26-15-13-24(2)14-16-26)31(36)23-35(42(5,38)39)28-18-17-27(40-3)21-30(28)41-4/h8-18,21,29H,6-7,19-20,22-23H2,1-5H3,(H,33,37). The molecule has 10 heteroatoms. The van der Waals surface area contributed by atoms with Gasteiger partial charge >= 0.3 is 0 Å². The number of ether oxygens (including phenoxy) is 2. The van der Waals surface area contributed by atoms with E-state index in [1.165, 1.54) is 25.2 Å². The number of unbranched alkanes of at least 4 members (excludes halogenated alkanes) is 1. The highest BCUT2D eigenvalue weighted by Crippen LogP contribution is 2.33. The van der Waals surface area contributed by atoms with Gasteiger partial charge in [-0.1, -0.05) is 73.5 Å². The molecule has 3 aromatic rings. The molecule has 0 saturated carbocycles. The summed E-state index contributed by atoms with van der Waals surface area (Å²) in [4.78, 5) is 29.4. The van der Waals surface area contributed by atoms with Crippen LogP contribution >= 0.6 is 0 Å². The molecule has 0 spiro atoms. The van der Waals surface area contributed by atoms with Crippen LogP contribution in [0.5, 0.6) is 11.5 Å². The topological polar surface area (TPSA) is 105 Å². The lowest BCUT2D eigenvalue weighted by Crippen LogP contribution is -2.53. The van der Waals surface area contributed by atoms with Gasteiger partial charge in [0, 0.05) is 25.6 Å². The molecule has 0 aliphatic carbocycles. The molecule has 0 aromatic heterocycles. The van der Waals surface area contributed by atoms with Gasteiger partial charge in [-0.2, -0.15) is 0 Å². The van der Waals surface area contributed by atoms with E-state index in [4.69, 9.17) is 9.47 Å². The minimum atomic E-state index is -3.94. The van der Waals surface area contributed by atoms with E-state index in [-0.39, 0.29) is 30.3 Å². The van der Waals surface area contributed by atoms with Crippen molar-refractivity contribution in [2.24, 2.45) is 0 Å². The van der Waals surface area contributed by atoms with Crippen molar-refractivity contribution < 1.29 is 27.5 Å². The maximum atomic E-state index is 14.2. The lowest BCUT2D eigenvalue weighted by atomic mass is 10.0. The second-order valence-electron chi connectivity index (χ2n) is 10.2. The highest BCUT2D eigenvalue weighted by molar-refractivity contribution is 7.92. The van der Waals surface area contributed by atoms with E-state index < -0.39 is 28.5 Å². The molecule has 3 aromatic carbocycles. The van der Waals surface area contributed by atoms with Crippen molar-refractivity contribution in [2.75, 3.05) is 37.9 Å². The molecule has 1 N–H and O–H groups in total. The van der Waals surface area contributed by atoms with E-state index in [2.05, 4.69) is 5.32 Å². The maximum absolute atomic E-state index is 14.2. The third-order valence-electron chi connectivity index (χ3n) is 6.91. The number of rotatable bonds is 15. The summed E-state index contributed by atoms with van der Waals surface area (Å²) >= 11 is 0. The molecule has 1 unspecified atom stereocenters. The van der Waals surface area contributed by atoms with E-state index in [0.717, 1.165) is 40.1 Å². The molecule has 3 rings (SSSR count). The van der Waals surface area contributed by atoms with Crippen molar-refractivity contribution in [2.45, 2.75) is 45.7 Å². The van der Waals surface area contributed by atoms with Crippen molar-refractivity contribution in [3.63, 3.8) is 0 Å². The number of sulfonamides is 1. The summed E-state index contributed by atoms with van der Waals surface area (Å²) < 4.78 is 37.9. The first-order valence-corrected chi connectivity index (χ1v) is 15.8. The van der Waals surface area contributed by atoms with E-state index in [9.17, 15) is 18.0 Å². The molecule has 0 heterocycles. The molecule has 0 bridgehead atoms. The Bertz CT molecular complexity index is 1430. The molecule has 0 aliphatic heterocycles. The van der Waals surface area contributed by atoms with Crippen LogP contribution in [0.4, 0.5) is 5.69 Å². The monoisotopic (exact) mass is 595 g/mol. The molecule has 0 aliphatic rings. The number of anilines is 1. The van der Waals surface area contributed by atoms with Gasteiger partial charge in [0.05, 0.1) is 26.2 Å². The third kappa shape index (κ3) is 8.97. The number of carbonyl (C=O) groups excluding carboxylic acids is 2. The largest absolute Gasteiger partial charge is 0.497 e. The van der Waals surface area contributed by atoms with Crippen LogP contribution in [0.1, 0.15) is 36.5 Å². The number of aryl methyl sites for hydroxylation is 1. The number of hydrogen-bond acceptors (Lipinski definition) is 6. The minimum Gasteiger partial charge on any atom is -0.497 e. The predicted molar refractivity (Wildman–Crippen MR) is 165 cm³/mol. The van der Waals surface area contributed by atoms with Gasteiger partial charge in [-0.25, -0.2) is 8.42 Å². The number of carbonyl (C=O) groups is 2. The second-order valence-corrected chi connectivity index (χ2v) is 12.1. The first-order valence-electron chi connectivity index (χ1n) is 13.9. The fraction of sp³-hybridized carbons (Fsp3) is 0.375.